The van der Waals surface area contributed by atoms with Crippen LogP contribution in [0, 0.1) is 11.3 Å². The molecule has 2 fully saturated rings. The highest BCUT2D eigenvalue weighted by Crippen LogP contribution is 2.45. The van der Waals surface area contributed by atoms with Crippen molar-refractivity contribution in [2.45, 2.75) is 19.4 Å². The zero-order valence-corrected chi connectivity index (χ0v) is 15.3. The number of nitrogens with zero attached hydrogens (tertiary/aromatic N) is 3. The number of likely N-dealkylation sites (tertiary alicyclic amines) is 2. The van der Waals surface area contributed by atoms with E-state index in [1.807, 2.05) is 23.4 Å². The zero-order chi connectivity index (χ0) is 17.7. The van der Waals surface area contributed by atoms with Gasteiger partial charge < -0.3 is 14.4 Å². The van der Waals surface area contributed by atoms with Crippen LogP contribution in [-0.4, -0.2) is 74.3 Å². The van der Waals surface area contributed by atoms with Crippen molar-refractivity contribution in [3.63, 3.8) is 0 Å². The number of hydrogen-bond donors (Lipinski definition) is 0. The molecule has 1 aromatic heterocycles. The maximum Gasteiger partial charge on any atom is 0.228 e. The van der Waals surface area contributed by atoms with Gasteiger partial charge in [0, 0.05) is 51.7 Å². The lowest BCUT2D eigenvalue weighted by atomic mass is 9.71. The zero-order valence-electron chi connectivity index (χ0n) is 15.3. The molecule has 138 valence electrons. The van der Waals surface area contributed by atoms with Gasteiger partial charge in [-0.3, -0.25) is 14.7 Å². The largest absolute Gasteiger partial charge is 0.384 e. The van der Waals surface area contributed by atoms with Crippen LogP contribution in [0.25, 0.3) is 0 Å². The molecule has 2 saturated heterocycles. The summed E-state index contributed by atoms with van der Waals surface area (Å²) in [5, 5.41) is 0. The van der Waals surface area contributed by atoms with Crippen LogP contribution in [0.2, 0.25) is 0 Å². The fourth-order valence-electron chi connectivity index (χ4n) is 4.27. The first kappa shape index (κ1) is 18.3. The predicted octanol–water partition coefficient (Wildman–Crippen LogP) is 1.41. The van der Waals surface area contributed by atoms with Gasteiger partial charge >= 0.3 is 0 Å². The van der Waals surface area contributed by atoms with Crippen molar-refractivity contribution in [2.75, 3.05) is 53.6 Å². The number of hydrogen-bond acceptors (Lipinski definition) is 5. The van der Waals surface area contributed by atoms with E-state index in [0.717, 1.165) is 39.0 Å². The van der Waals surface area contributed by atoms with Gasteiger partial charge in [-0.1, -0.05) is 6.07 Å². The fraction of sp³-hybridized carbons (Fsp3) is 0.684. The van der Waals surface area contributed by atoms with Crippen LogP contribution in [0.5, 0.6) is 0 Å². The minimum Gasteiger partial charge on any atom is -0.384 e. The van der Waals surface area contributed by atoms with E-state index in [1.54, 1.807) is 14.2 Å². The smallest absolute Gasteiger partial charge is 0.228 e. The summed E-state index contributed by atoms with van der Waals surface area (Å²) in [6, 6.07) is 4.11. The molecule has 0 bridgehead atoms. The van der Waals surface area contributed by atoms with Crippen molar-refractivity contribution in [3.05, 3.63) is 30.1 Å². The molecule has 0 N–H and O–H groups in total. The van der Waals surface area contributed by atoms with E-state index in [4.69, 9.17) is 9.47 Å². The Bertz CT molecular complexity index is 558. The monoisotopic (exact) mass is 347 g/mol. The summed E-state index contributed by atoms with van der Waals surface area (Å²) in [5.41, 5.74) is 1.29. The topological polar surface area (TPSA) is 54.9 Å². The molecule has 25 heavy (non-hydrogen) atoms. The van der Waals surface area contributed by atoms with Gasteiger partial charge in [0.2, 0.25) is 5.91 Å². The van der Waals surface area contributed by atoms with Crippen LogP contribution >= 0.6 is 0 Å². The Hall–Kier alpha value is -1.50. The van der Waals surface area contributed by atoms with E-state index >= 15 is 0 Å². The summed E-state index contributed by atoms with van der Waals surface area (Å²) < 4.78 is 10.6. The van der Waals surface area contributed by atoms with Crippen LogP contribution in [0.15, 0.2) is 24.5 Å². The molecule has 1 aromatic rings. The number of pyridine rings is 1. The van der Waals surface area contributed by atoms with Crippen LogP contribution in [-0.2, 0) is 20.8 Å². The van der Waals surface area contributed by atoms with E-state index in [2.05, 4.69) is 16.0 Å². The molecular weight excluding hydrogens is 318 g/mol. The van der Waals surface area contributed by atoms with Crippen LogP contribution < -0.4 is 0 Å². The molecule has 0 aliphatic carbocycles. The molecule has 6 nitrogen and oxygen atoms in total. The van der Waals surface area contributed by atoms with E-state index < -0.39 is 0 Å². The molecule has 1 amide bonds. The second kappa shape index (κ2) is 8.25. The van der Waals surface area contributed by atoms with E-state index in [-0.39, 0.29) is 17.2 Å². The number of ether oxygens (including phenoxy) is 2. The third-order valence-corrected chi connectivity index (χ3v) is 5.73. The van der Waals surface area contributed by atoms with Crippen molar-refractivity contribution in [1.82, 2.24) is 14.8 Å². The van der Waals surface area contributed by atoms with Crippen molar-refractivity contribution in [2.24, 2.45) is 11.3 Å². The van der Waals surface area contributed by atoms with Crippen LogP contribution in [0.1, 0.15) is 18.4 Å². The Morgan fingerprint density at radius 1 is 1.28 bits per heavy atom. The average molecular weight is 347 g/mol. The van der Waals surface area contributed by atoms with Gasteiger partial charge in [-0.2, -0.15) is 0 Å². The van der Waals surface area contributed by atoms with Gasteiger partial charge in [-0.15, -0.1) is 0 Å². The minimum atomic E-state index is -0.0186. The number of carbonyl (C=O) groups excluding carboxylic acids is 1. The molecule has 0 saturated carbocycles. The second-order valence-electron chi connectivity index (χ2n) is 7.26. The third-order valence-electron chi connectivity index (χ3n) is 5.73. The van der Waals surface area contributed by atoms with Gasteiger partial charge in [-0.05, 0) is 37.6 Å². The summed E-state index contributed by atoms with van der Waals surface area (Å²) in [6.07, 6.45) is 5.82. The molecule has 2 aliphatic heterocycles. The summed E-state index contributed by atoms with van der Waals surface area (Å²) in [4.78, 5) is 21.5. The Labute approximate surface area is 150 Å². The highest BCUT2D eigenvalue weighted by molar-refractivity contribution is 5.82. The summed E-state index contributed by atoms with van der Waals surface area (Å²) in [7, 11) is 3.37. The third kappa shape index (κ3) is 4.02. The second-order valence-corrected chi connectivity index (χ2v) is 7.26. The molecule has 3 rings (SSSR count). The van der Waals surface area contributed by atoms with Gasteiger partial charge in [0.15, 0.2) is 0 Å². The van der Waals surface area contributed by atoms with Gasteiger partial charge in [0.25, 0.3) is 0 Å². The highest BCUT2D eigenvalue weighted by Gasteiger charge is 2.52. The van der Waals surface area contributed by atoms with Crippen molar-refractivity contribution in [3.8, 4) is 0 Å². The normalized spacial score (nSPS) is 23.5. The lowest BCUT2D eigenvalue weighted by molar-refractivity contribution is -0.134. The van der Waals surface area contributed by atoms with E-state index in [1.165, 1.54) is 5.56 Å². The standard InChI is InChI=1S/C19H29N3O3/c1-24-11-10-22-15-19(17(14-25-2)18(22)23)5-8-21(9-6-19)13-16-4-3-7-20-12-16/h3-4,7,12,17H,5-6,8-11,13-15H2,1-2H3/t17-/m0/s1. The number of amides is 1. The molecular formula is C19H29N3O3. The van der Waals surface area contributed by atoms with E-state index in [0.29, 0.717) is 19.8 Å². The Morgan fingerprint density at radius 3 is 2.72 bits per heavy atom. The van der Waals surface area contributed by atoms with Gasteiger partial charge in [-0.25, -0.2) is 0 Å². The molecule has 1 atom stereocenters. The van der Waals surface area contributed by atoms with Crippen LogP contribution in [0.3, 0.4) is 0 Å². The first-order chi connectivity index (χ1) is 12.2. The van der Waals surface area contributed by atoms with Gasteiger partial charge in [0.05, 0.1) is 19.1 Å². The maximum atomic E-state index is 12.8. The summed E-state index contributed by atoms with van der Waals surface area (Å²) in [5.74, 6) is 0.217. The first-order valence-corrected chi connectivity index (χ1v) is 9.06. The molecule has 0 radical (unpaired) electrons. The van der Waals surface area contributed by atoms with Crippen LogP contribution in [0.4, 0.5) is 0 Å². The van der Waals surface area contributed by atoms with E-state index in [9.17, 15) is 4.79 Å². The molecule has 2 aliphatic rings. The average Bonchev–Trinajstić information content (AvgIpc) is 2.89. The van der Waals surface area contributed by atoms with Crippen molar-refractivity contribution in [1.29, 1.82) is 0 Å². The lowest BCUT2D eigenvalue weighted by Gasteiger charge is -2.41. The number of aromatic nitrogens is 1. The van der Waals surface area contributed by atoms with Gasteiger partial charge in [0.1, 0.15) is 0 Å². The first-order valence-electron chi connectivity index (χ1n) is 9.06. The lowest BCUT2D eigenvalue weighted by Crippen LogP contribution is -2.45. The van der Waals surface area contributed by atoms with Crippen molar-refractivity contribution >= 4 is 5.91 Å². The summed E-state index contributed by atoms with van der Waals surface area (Å²) >= 11 is 0. The molecule has 1 spiro atoms. The Morgan fingerprint density at radius 2 is 2.08 bits per heavy atom. The highest BCUT2D eigenvalue weighted by atomic mass is 16.5. The molecule has 0 unspecified atom stereocenters. The Balaban J connectivity index is 1.63. The maximum absolute atomic E-state index is 12.8. The molecule has 6 heteroatoms. The number of rotatable bonds is 7. The molecule has 3 heterocycles. The quantitative estimate of drug-likeness (QED) is 0.747. The Kier molecular flexibility index (Phi) is 6.04. The number of methoxy groups -OCH3 is 2. The SMILES string of the molecule is COCCN1CC2(CCN(Cc3cccnc3)CC2)[C@@H](COC)C1=O. The number of piperidine rings is 1. The molecule has 0 aromatic carbocycles. The summed E-state index contributed by atoms with van der Waals surface area (Å²) in [6.45, 7) is 5.58. The minimum absolute atomic E-state index is 0.0186. The van der Waals surface area contributed by atoms with Crippen molar-refractivity contribution < 1.29 is 14.3 Å². The fourth-order valence-corrected chi connectivity index (χ4v) is 4.27. The number of carbonyl (C=O) groups is 1. The predicted molar refractivity (Wildman–Crippen MR) is 95.0 cm³/mol.